The molecule has 1 aromatic rings. The van der Waals surface area contributed by atoms with E-state index in [-0.39, 0.29) is 17.4 Å². The molecule has 2 atom stereocenters. The number of hydrogen-bond donors (Lipinski definition) is 1. The van der Waals surface area contributed by atoms with Crippen LogP contribution in [-0.4, -0.2) is 48.6 Å². The van der Waals surface area contributed by atoms with Gasteiger partial charge in [0.05, 0.1) is 17.7 Å². The molecule has 5 heteroatoms. The van der Waals surface area contributed by atoms with Gasteiger partial charge in [-0.25, -0.2) is 0 Å². The highest BCUT2D eigenvalue weighted by Crippen LogP contribution is 2.45. The summed E-state index contributed by atoms with van der Waals surface area (Å²) in [5, 5.41) is 3.49. The maximum absolute atomic E-state index is 12.6. The highest BCUT2D eigenvalue weighted by molar-refractivity contribution is 6.21. The molecule has 2 amide bonds. The normalized spacial score (nSPS) is 25.2. The minimum Gasteiger partial charge on any atom is -0.381 e. The van der Waals surface area contributed by atoms with Gasteiger partial charge in [0.2, 0.25) is 0 Å². The lowest BCUT2D eigenvalue weighted by atomic mass is 10.1. The summed E-state index contributed by atoms with van der Waals surface area (Å²) in [6.07, 6.45) is 3.14. The van der Waals surface area contributed by atoms with Crippen LogP contribution in [0.15, 0.2) is 24.3 Å². The van der Waals surface area contributed by atoms with Gasteiger partial charge in [0.25, 0.3) is 11.8 Å². The zero-order valence-corrected chi connectivity index (χ0v) is 14.5. The van der Waals surface area contributed by atoms with E-state index in [9.17, 15) is 9.59 Å². The van der Waals surface area contributed by atoms with Gasteiger partial charge in [-0.1, -0.05) is 32.4 Å². The van der Waals surface area contributed by atoms with Gasteiger partial charge in [0, 0.05) is 24.6 Å². The van der Waals surface area contributed by atoms with Crippen LogP contribution in [0.4, 0.5) is 0 Å². The van der Waals surface area contributed by atoms with Crippen LogP contribution >= 0.6 is 0 Å². The number of unbranched alkanes of at least 4 members (excludes halogenated alkanes) is 1. The second-order valence-electron chi connectivity index (χ2n) is 6.76. The lowest BCUT2D eigenvalue weighted by Crippen LogP contribution is -2.47. The van der Waals surface area contributed by atoms with Crippen LogP contribution in [0.2, 0.25) is 0 Å². The number of ether oxygens (including phenoxy) is 1. The SMILES string of the molecule is CCCCOC[C@H]1C[C@]1(CN1C(=O)c2ccccc2C1=O)NCC. The summed E-state index contributed by atoms with van der Waals surface area (Å²) in [5.41, 5.74) is 0.852. The average Bonchev–Trinajstić information content (AvgIpc) is 3.22. The first-order chi connectivity index (χ1) is 11.6. The molecule has 130 valence electrons. The molecule has 1 heterocycles. The lowest BCUT2D eigenvalue weighted by molar-refractivity contribution is 0.0614. The molecule has 0 bridgehead atoms. The van der Waals surface area contributed by atoms with E-state index in [0.29, 0.717) is 30.2 Å². The number of carbonyl (C=O) groups excluding carboxylic acids is 2. The van der Waals surface area contributed by atoms with Crippen molar-refractivity contribution in [2.45, 2.75) is 38.6 Å². The fraction of sp³-hybridized carbons (Fsp3) is 0.579. The van der Waals surface area contributed by atoms with Gasteiger partial charge in [-0.05, 0) is 31.5 Å². The van der Waals surface area contributed by atoms with Gasteiger partial charge in [0.15, 0.2) is 0 Å². The van der Waals surface area contributed by atoms with Gasteiger partial charge in [-0.3, -0.25) is 14.5 Å². The number of benzene rings is 1. The van der Waals surface area contributed by atoms with E-state index >= 15 is 0 Å². The number of nitrogens with one attached hydrogen (secondary N) is 1. The topological polar surface area (TPSA) is 58.6 Å². The van der Waals surface area contributed by atoms with Gasteiger partial charge in [-0.2, -0.15) is 0 Å². The number of imide groups is 1. The largest absolute Gasteiger partial charge is 0.381 e. The quantitative estimate of drug-likeness (QED) is 0.558. The van der Waals surface area contributed by atoms with Crippen molar-refractivity contribution >= 4 is 11.8 Å². The predicted octanol–water partition coefficient (Wildman–Crippen LogP) is 2.47. The zero-order chi connectivity index (χ0) is 17.2. The molecule has 1 aliphatic heterocycles. The van der Waals surface area contributed by atoms with E-state index in [1.54, 1.807) is 24.3 Å². The van der Waals surface area contributed by atoms with E-state index in [1.165, 1.54) is 4.90 Å². The van der Waals surface area contributed by atoms with Crippen molar-refractivity contribution in [3.8, 4) is 0 Å². The first-order valence-corrected chi connectivity index (χ1v) is 8.91. The highest BCUT2D eigenvalue weighted by Gasteiger charge is 2.56. The van der Waals surface area contributed by atoms with E-state index < -0.39 is 0 Å². The second-order valence-corrected chi connectivity index (χ2v) is 6.76. The summed E-state index contributed by atoms with van der Waals surface area (Å²) in [4.78, 5) is 26.5. The van der Waals surface area contributed by atoms with Crippen molar-refractivity contribution in [1.82, 2.24) is 10.2 Å². The molecule has 1 aliphatic carbocycles. The van der Waals surface area contributed by atoms with Gasteiger partial charge in [-0.15, -0.1) is 0 Å². The number of rotatable bonds is 9. The van der Waals surface area contributed by atoms with Crippen molar-refractivity contribution in [3.63, 3.8) is 0 Å². The molecule has 1 N–H and O–H groups in total. The molecular weight excluding hydrogens is 304 g/mol. The summed E-state index contributed by atoms with van der Waals surface area (Å²) in [5.74, 6) is 0.00878. The maximum atomic E-state index is 12.6. The van der Waals surface area contributed by atoms with Crippen LogP contribution < -0.4 is 5.32 Å². The van der Waals surface area contributed by atoms with Crippen molar-refractivity contribution < 1.29 is 14.3 Å². The number of likely N-dealkylation sites (N-methyl/N-ethyl adjacent to an activating group) is 1. The molecular formula is C19H26N2O3. The summed E-state index contributed by atoms with van der Waals surface area (Å²) >= 11 is 0. The summed E-state index contributed by atoms with van der Waals surface area (Å²) in [6, 6.07) is 7.06. The standard InChI is InChI=1S/C19H26N2O3/c1-3-5-10-24-12-14-11-19(14,20-4-2)13-21-17(22)15-8-6-7-9-16(15)18(21)23/h6-9,14,20H,3-5,10-13H2,1-2H3/t14-,19-/m1/s1. The molecule has 5 nitrogen and oxygen atoms in total. The Labute approximate surface area is 143 Å². The molecule has 3 rings (SSSR count). The molecule has 0 radical (unpaired) electrons. The third-order valence-corrected chi connectivity index (χ3v) is 5.04. The Hall–Kier alpha value is -1.72. The average molecular weight is 330 g/mol. The first kappa shape index (κ1) is 17.1. The monoisotopic (exact) mass is 330 g/mol. The lowest BCUT2D eigenvalue weighted by Gasteiger charge is -2.24. The fourth-order valence-corrected chi connectivity index (χ4v) is 3.55. The Morgan fingerprint density at radius 1 is 1.21 bits per heavy atom. The maximum Gasteiger partial charge on any atom is 0.261 e. The Kier molecular flexibility index (Phi) is 5.01. The highest BCUT2D eigenvalue weighted by atomic mass is 16.5. The smallest absolute Gasteiger partial charge is 0.261 e. The molecule has 24 heavy (non-hydrogen) atoms. The number of nitrogens with zero attached hydrogens (tertiary/aromatic N) is 1. The Morgan fingerprint density at radius 2 is 1.88 bits per heavy atom. The molecule has 1 fully saturated rings. The summed E-state index contributed by atoms with van der Waals surface area (Å²) in [7, 11) is 0. The summed E-state index contributed by atoms with van der Waals surface area (Å²) < 4.78 is 5.75. The Balaban J connectivity index is 1.65. The van der Waals surface area contributed by atoms with Crippen LogP contribution in [0, 0.1) is 5.92 Å². The predicted molar refractivity (Wildman–Crippen MR) is 92.1 cm³/mol. The fourth-order valence-electron chi connectivity index (χ4n) is 3.55. The molecule has 0 aromatic heterocycles. The van der Waals surface area contributed by atoms with Crippen LogP contribution in [0.1, 0.15) is 53.8 Å². The van der Waals surface area contributed by atoms with Crippen LogP contribution in [0.3, 0.4) is 0 Å². The zero-order valence-electron chi connectivity index (χ0n) is 14.5. The molecule has 0 unspecified atom stereocenters. The number of hydrogen-bond acceptors (Lipinski definition) is 4. The van der Waals surface area contributed by atoms with Gasteiger partial charge < -0.3 is 10.1 Å². The van der Waals surface area contributed by atoms with Gasteiger partial charge in [0.1, 0.15) is 0 Å². The van der Waals surface area contributed by atoms with Crippen molar-refractivity contribution in [3.05, 3.63) is 35.4 Å². The van der Waals surface area contributed by atoms with Crippen LogP contribution in [0.25, 0.3) is 0 Å². The Bertz CT molecular complexity index is 596. The molecule has 0 spiro atoms. The van der Waals surface area contributed by atoms with E-state index in [2.05, 4.69) is 19.2 Å². The van der Waals surface area contributed by atoms with Crippen LogP contribution in [-0.2, 0) is 4.74 Å². The summed E-state index contributed by atoms with van der Waals surface area (Å²) in [6.45, 7) is 6.91. The van der Waals surface area contributed by atoms with E-state index in [4.69, 9.17) is 4.74 Å². The molecule has 0 saturated heterocycles. The third kappa shape index (κ3) is 3.10. The van der Waals surface area contributed by atoms with E-state index in [0.717, 1.165) is 32.4 Å². The van der Waals surface area contributed by atoms with Crippen molar-refractivity contribution in [2.75, 3.05) is 26.3 Å². The minimum atomic E-state index is -0.186. The number of carbonyl (C=O) groups is 2. The van der Waals surface area contributed by atoms with Crippen molar-refractivity contribution in [2.24, 2.45) is 5.92 Å². The van der Waals surface area contributed by atoms with E-state index in [1.807, 2.05) is 0 Å². The number of amides is 2. The number of fused-ring (bicyclic) bond motifs is 1. The molecule has 1 aromatic carbocycles. The second kappa shape index (κ2) is 7.03. The third-order valence-electron chi connectivity index (χ3n) is 5.04. The first-order valence-electron chi connectivity index (χ1n) is 8.91. The molecule has 1 saturated carbocycles. The molecule has 2 aliphatic rings. The van der Waals surface area contributed by atoms with Crippen LogP contribution in [0.5, 0.6) is 0 Å². The minimum absolute atomic E-state index is 0.176. The van der Waals surface area contributed by atoms with Gasteiger partial charge >= 0.3 is 0 Å². The Morgan fingerprint density at radius 3 is 2.46 bits per heavy atom. The van der Waals surface area contributed by atoms with Crippen molar-refractivity contribution in [1.29, 1.82) is 0 Å².